The lowest BCUT2D eigenvalue weighted by atomic mass is 10.1. The number of anilines is 1. The Morgan fingerprint density at radius 1 is 1.09 bits per heavy atom. The van der Waals surface area contributed by atoms with Crippen molar-refractivity contribution in [2.75, 3.05) is 5.73 Å². The number of alkyl halides is 3. The minimum Gasteiger partial charge on any atom is -0.383 e. The van der Waals surface area contributed by atoms with Gasteiger partial charge in [-0.15, -0.1) is 11.3 Å². The minimum atomic E-state index is -4.47. The number of carbonyl (C=O) groups is 1. The number of aryl methyl sites for hydroxylation is 2. The van der Waals surface area contributed by atoms with E-state index in [1.807, 2.05) is 19.9 Å². The normalized spacial score (nSPS) is 11.7. The van der Waals surface area contributed by atoms with E-state index < -0.39 is 11.7 Å². The summed E-state index contributed by atoms with van der Waals surface area (Å²) in [6, 6.07) is 9.26. The van der Waals surface area contributed by atoms with Crippen molar-refractivity contribution in [3.63, 3.8) is 0 Å². The molecule has 10 heteroatoms. The highest BCUT2D eigenvalue weighted by Crippen LogP contribution is 2.29. The predicted molar refractivity (Wildman–Crippen MR) is 121 cm³/mol. The Bertz CT molecular complexity index is 1320. The fourth-order valence-corrected chi connectivity index (χ4v) is 4.14. The maximum Gasteiger partial charge on any atom is 0.417 e. The Morgan fingerprint density at radius 3 is 2.52 bits per heavy atom. The first-order chi connectivity index (χ1) is 15.6. The minimum absolute atomic E-state index is 0.0470. The van der Waals surface area contributed by atoms with Crippen molar-refractivity contribution in [1.82, 2.24) is 19.9 Å². The third kappa shape index (κ3) is 4.95. The van der Waals surface area contributed by atoms with Gasteiger partial charge in [0, 0.05) is 22.0 Å². The van der Waals surface area contributed by atoms with Crippen molar-refractivity contribution in [3.05, 3.63) is 81.1 Å². The van der Waals surface area contributed by atoms with Crippen LogP contribution in [0.5, 0.6) is 0 Å². The Hall–Kier alpha value is -3.53. The number of nitrogen functional groups attached to an aromatic ring is 1. The van der Waals surface area contributed by atoms with Crippen LogP contribution in [0.1, 0.15) is 37.7 Å². The third-order valence-electron chi connectivity index (χ3n) is 5.26. The number of benzene rings is 1. The highest BCUT2D eigenvalue weighted by Gasteiger charge is 2.30. The largest absolute Gasteiger partial charge is 0.417 e. The molecule has 0 bridgehead atoms. The second kappa shape index (κ2) is 8.78. The maximum atomic E-state index is 13.5. The fraction of sp³-hybridized carbons (Fsp3) is 0.217. The van der Waals surface area contributed by atoms with Gasteiger partial charge < -0.3 is 10.6 Å². The molecular formula is C23H20F3N5OS. The molecule has 3 heterocycles. The highest BCUT2D eigenvalue weighted by atomic mass is 32.1. The van der Waals surface area contributed by atoms with E-state index in [0.717, 1.165) is 33.8 Å². The monoisotopic (exact) mass is 471 g/mol. The zero-order valence-electron chi connectivity index (χ0n) is 17.8. The first kappa shape index (κ1) is 22.7. The lowest BCUT2D eigenvalue weighted by Gasteiger charge is -2.22. The molecule has 2 N–H and O–H groups in total. The SMILES string of the molecule is Cc1cc2cc(C(=O)N(Cc3ccc(C(F)(F)F)cn3)Cc3scnc3C)ccc2nc1N. The number of hydrogen-bond acceptors (Lipinski definition) is 6. The molecule has 4 aromatic rings. The number of thiazole rings is 1. The molecule has 0 fully saturated rings. The number of nitrogens with two attached hydrogens (primary N) is 1. The van der Waals surface area contributed by atoms with Crippen LogP contribution in [0.3, 0.4) is 0 Å². The zero-order valence-corrected chi connectivity index (χ0v) is 18.7. The topological polar surface area (TPSA) is 85.0 Å². The molecule has 1 amide bonds. The van der Waals surface area contributed by atoms with Crippen LogP contribution < -0.4 is 5.73 Å². The molecule has 3 aromatic heterocycles. The molecule has 4 rings (SSSR count). The van der Waals surface area contributed by atoms with Crippen LogP contribution in [0, 0.1) is 13.8 Å². The van der Waals surface area contributed by atoms with Gasteiger partial charge in [0.25, 0.3) is 5.91 Å². The third-order valence-corrected chi connectivity index (χ3v) is 6.18. The number of carbonyl (C=O) groups excluding carboxylic acids is 1. The van der Waals surface area contributed by atoms with Gasteiger partial charge in [-0.05, 0) is 55.8 Å². The van der Waals surface area contributed by atoms with Crippen LogP contribution in [-0.4, -0.2) is 25.8 Å². The van der Waals surface area contributed by atoms with Gasteiger partial charge in [0.1, 0.15) is 5.82 Å². The summed E-state index contributed by atoms with van der Waals surface area (Å²) in [5.41, 5.74) is 9.79. The van der Waals surface area contributed by atoms with E-state index in [4.69, 9.17) is 5.73 Å². The first-order valence-electron chi connectivity index (χ1n) is 9.99. The standard InChI is InChI=1S/C23H20F3N5OS/c1-13-7-16-8-15(3-6-19(16)30-21(13)27)22(32)31(11-20-14(2)29-12-33-20)10-18-5-4-17(9-28-18)23(24,25)26/h3-9,12H,10-11H2,1-2H3,(H2,27,30). The Kier molecular flexibility index (Phi) is 6.03. The molecule has 33 heavy (non-hydrogen) atoms. The number of pyridine rings is 2. The smallest absolute Gasteiger partial charge is 0.383 e. The molecule has 0 unspecified atom stereocenters. The summed E-state index contributed by atoms with van der Waals surface area (Å²) >= 11 is 1.41. The van der Waals surface area contributed by atoms with E-state index in [-0.39, 0.29) is 19.0 Å². The zero-order chi connectivity index (χ0) is 23.8. The van der Waals surface area contributed by atoms with E-state index in [1.165, 1.54) is 17.4 Å². The summed E-state index contributed by atoms with van der Waals surface area (Å²) < 4.78 is 38.7. The van der Waals surface area contributed by atoms with Crippen LogP contribution in [0.25, 0.3) is 10.9 Å². The van der Waals surface area contributed by atoms with Crippen molar-refractivity contribution in [1.29, 1.82) is 0 Å². The summed E-state index contributed by atoms with van der Waals surface area (Å²) in [5, 5.41) is 0.772. The second-order valence-corrected chi connectivity index (χ2v) is 8.60. The van der Waals surface area contributed by atoms with E-state index in [9.17, 15) is 18.0 Å². The van der Waals surface area contributed by atoms with Crippen molar-refractivity contribution in [2.45, 2.75) is 33.1 Å². The summed E-state index contributed by atoms with van der Waals surface area (Å²) in [7, 11) is 0. The Morgan fingerprint density at radius 2 is 1.88 bits per heavy atom. The summed E-state index contributed by atoms with van der Waals surface area (Å²) in [4.78, 5) is 28.4. The van der Waals surface area contributed by atoms with Gasteiger partial charge in [-0.2, -0.15) is 13.2 Å². The molecule has 170 valence electrons. The lowest BCUT2D eigenvalue weighted by molar-refractivity contribution is -0.137. The van der Waals surface area contributed by atoms with E-state index in [0.29, 0.717) is 22.6 Å². The molecule has 0 aliphatic heterocycles. The molecule has 0 aliphatic rings. The first-order valence-corrected chi connectivity index (χ1v) is 10.9. The molecule has 0 atom stereocenters. The van der Waals surface area contributed by atoms with E-state index in [2.05, 4.69) is 15.0 Å². The Balaban J connectivity index is 1.66. The molecule has 0 saturated heterocycles. The number of nitrogens with zero attached hydrogens (tertiary/aromatic N) is 4. The van der Waals surface area contributed by atoms with Crippen molar-refractivity contribution >= 4 is 34.0 Å². The molecule has 0 spiro atoms. The van der Waals surface area contributed by atoms with Gasteiger partial charge in [-0.25, -0.2) is 9.97 Å². The fourth-order valence-electron chi connectivity index (χ4n) is 3.34. The van der Waals surface area contributed by atoms with Crippen LogP contribution >= 0.6 is 11.3 Å². The van der Waals surface area contributed by atoms with Crippen LogP contribution in [0.15, 0.2) is 48.1 Å². The van der Waals surface area contributed by atoms with Crippen molar-refractivity contribution in [3.8, 4) is 0 Å². The molecule has 0 saturated carbocycles. The molecule has 0 aliphatic carbocycles. The van der Waals surface area contributed by atoms with Crippen LogP contribution in [-0.2, 0) is 19.3 Å². The molecular weight excluding hydrogens is 451 g/mol. The lowest BCUT2D eigenvalue weighted by Crippen LogP contribution is -2.30. The molecule has 1 aromatic carbocycles. The highest BCUT2D eigenvalue weighted by molar-refractivity contribution is 7.09. The Labute approximate surface area is 191 Å². The number of amides is 1. The van der Waals surface area contributed by atoms with E-state index in [1.54, 1.807) is 28.6 Å². The number of halogens is 3. The van der Waals surface area contributed by atoms with Crippen molar-refractivity contribution < 1.29 is 18.0 Å². The molecule has 6 nitrogen and oxygen atoms in total. The number of aromatic nitrogens is 3. The van der Waals surface area contributed by atoms with Crippen LogP contribution in [0.4, 0.5) is 19.0 Å². The average molecular weight is 472 g/mol. The second-order valence-electron chi connectivity index (χ2n) is 7.66. The van der Waals surface area contributed by atoms with Crippen LogP contribution in [0.2, 0.25) is 0 Å². The van der Waals surface area contributed by atoms with Gasteiger partial charge >= 0.3 is 6.18 Å². The van der Waals surface area contributed by atoms with E-state index >= 15 is 0 Å². The summed E-state index contributed by atoms with van der Waals surface area (Å²) in [6.07, 6.45) is -3.69. The number of rotatable bonds is 5. The van der Waals surface area contributed by atoms with Gasteiger partial charge in [0.2, 0.25) is 0 Å². The quantitative estimate of drug-likeness (QED) is 0.435. The number of hydrogen-bond donors (Lipinski definition) is 1. The average Bonchev–Trinajstić information content (AvgIpc) is 3.17. The van der Waals surface area contributed by atoms with Gasteiger partial charge in [0.15, 0.2) is 0 Å². The van der Waals surface area contributed by atoms with Crippen molar-refractivity contribution in [2.24, 2.45) is 0 Å². The molecule has 0 radical (unpaired) electrons. The summed E-state index contributed by atoms with van der Waals surface area (Å²) in [6.45, 7) is 3.99. The number of fused-ring (bicyclic) bond motifs is 1. The summed E-state index contributed by atoms with van der Waals surface area (Å²) in [5.74, 6) is 0.151. The maximum absolute atomic E-state index is 13.5. The van der Waals surface area contributed by atoms with Gasteiger partial charge in [-0.1, -0.05) is 0 Å². The van der Waals surface area contributed by atoms with Gasteiger partial charge in [-0.3, -0.25) is 9.78 Å². The van der Waals surface area contributed by atoms with Gasteiger partial charge in [0.05, 0.1) is 41.1 Å². The predicted octanol–water partition coefficient (Wildman–Crippen LogP) is 5.15.